The van der Waals surface area contributed by atoms with Gasteiger partial charge in [0.05, 0.1) is 11.5 Å². The minimum atomic E-state index is 0.307. The van der Waals surface area contributed by atoms with Crippen LogP contribution in [0.4, 0.5) is 0 Å². The SMILES string of the molecule is CC.CC.CC.CC(COc1ccccc1)N1CCCC1.Oc1ccc2c(c1)SCCO2.Oc1ccccc1. The maximum absolute atomic E-state index is 9.12. The van der Waals surface area contributed by atoms with E-state index >= 15 is 0 Å². The molecule has 0 aromatic heterocycles. The van der Waals surface area contributed by atoms with Crippen LogP contribution in [-0.2, 0) is 0 Å². The van der Waals surface area contributed by atoms with Crippen LogP contribution in [-0.4, -0.2) is 53.2 Å². The van der Waals surface area contributed by atoms with Crippen molar-refractivity contribution in [3.63, 3.8) is 0 Å². The third kappa shape index (κ3) is 16.0. The van der Waals surface area contributed by atoms with Crippen molar-refractivity contribution in [3.8, 4) is 23.0 Å². The van der Waals surface area contributed by atoms with Gasteiger partial charge in [-0.05, 0) is 75.3 Å². The Bertz CT molecular complexity index is 935. The van der Waals surface area contributed by atoms with Gasteiger partial charge in [-0.1, -0.05) is 77.9 Å². The van der Waals surface area contributed by atoms with Crippen LogP contribution in [0.15, 0.2) is 83.8 Å². The molecule has 5 nitrogen and oxygen atoms in total. The lowest BCUT2D eigenvalue weighted by Crippen LogP contribution is -2.34. The molecule has 0 bridgehead atoms. The molecule has 2 N–H and O–H groups in total. The Balaban J connectivity index is 0.000000530. The van der Waals surface area contributed by atoms with E-state index in [9.17, 15) is 0 Å². The molecule has 2 heterocycles. The summed E-state index contributed by atoms with van der Waals surface area (Å²) in [6.07, 6.45) is 2.69. The van der Waals surface area contributed by atoms with Gasteiger partial charge in [0.25, 0.3) is 0 Å². The van der Waals surface area contributed by atoms with Gasteiger partial charge in [0, 0.05) is 11.8 Å². The number of phenols is 2. The van der Waals surface area contributed by atoms with E-state index in [2.05, 4.69) is 11.8 Å². The first-order valence-corrected chi connectivity index (χ1v) is 15.3. The Morgan fingerprint density at radius 1 is 0.795 bits per heavy atom. The smallest absolute Gasteiger partial charge is 0.133 e. The molecular weight excluding hydrogens is 506 g/mol. The summed E-state index contributed by atoms with van der Waals surface area (Å²) in [5.41, 5.74) is 0. The van der Waals surface area contributed by atoms with E-state index in [-0.39, 0.29) is 0 Å². The van der Waals surface area contributed by atoms with E-state index < -0.39 is 0 Å². The van der Waals surface area contributed by atoms with E-state index in [1.807, 2.05) is 77.9 Å². The molecule has 1 saturated heterocycles. The van der Waals surface area contributed by atoms with Crippen molar-refractivity contribution < 1.29 is 19.7 Å². The number of para-hydroxylation sites is 2. The molecule has 218 valence electrons. The van der Waals surface area contributed by atoms with Crippen LogP contribution in [0.5, 0.6) is 23.0 Å². The zero-order chi connectivity index (χ0) is 29.3. The fourth-order valence-corrected chi connectivity index (χ4v) is 4.34. The van der Waals surface area contributed by atoms with Gasteiger partial charge in [-0.25, -0.2) is 0 Å². The van der Waals surface area contributed by atoms with Crippen LogP contribution in [0.2, 0.25) is 0 Å². The number of thioether (sulfide) groups is 1. The Labute approximate surface area is 242 Å². The first kappa shape index (κ1) is 36.2. The topological polar surface area (TPSA) is 62.2 Å². The molecule has 1 fully saturated rings. The second kappa shape index (κ2) is 24.2. The highest BCUT2D eigenvalue weighted by atomic mass is 32.2. The number of aromatic hydroxyl groups is 2. The molecule has 1 unspecified atom stereocenters. The standard InChI is InChI=1S/C13H19NO.C8H8O2S.C6H6O.3C2H6/c1-12(14-9-5-6-10-14)11-15-13-7-3-2-4-8-13;9-6-1-2-7-8(5-6)11-4-3-10-7;7-6-4-2-1-3-5-6;3*1-2/h2-4,7-8,12H,5-6,9-11H2,1H3;1-2,5,9H,3-4H2;1-5,7H;3*1-2H3. The molecule has 6 heteroatoms. The molecule has 3 aromatic rings. The number of hydrogen-bond donors (Lipinski definition) is 2. The van der Waals surface area contributed by atoms with Gasteiger partial charge < -0.3 is 19.7 Å². The maximum atomic E-state index is 9.12. The number of benzene rings is 3. The normalized spacial score (nSPS) is 13.6. The van der Waals surface area contributed by atoms with Crippen molar-refractivity contribution in [1.82, 2.24) is 4.90 Å². The maximum Gasteiger partial charge on any atom is 0.133 e. The molecular formula is C33H51NO4S. The molecule has 39 heavy (non-hydrogen) atoms. The molecule has 0 saturated carbocycles. The van der Waals surface area contributed by atoms with E-state index in [1.165, 1.54) is 25.9 Å². The van der Waals surface area contributed by atoms with Crippen molar-refractivity contribution in [3.05, 3.63) is 78.9 Å². The molecule has 0 amide bonds. The number of ether oxygens (including phenoxy) is 2. The molecule has 0 aliphatic carbocycles. The highest BCUT2D eigenvalue weighted by Crippen LogP contribution is 2.35. The average Bonchev–Trinajstić information content (AvgIpc) is 3.56. The average molecular weight is 558 g/mol. The largest absolute Gasteiger partial charge is 0.508 e. The fourth-order valence-electron chi connectivity index (χ4n) is 3.48. The second-order valence-corrected chi connectivity index (χ2v) is 9.02. The fraction of sp³-hybridized carbons (Fsp3) is 0.455. The van der Waals surface area contributed by atoms with Gasteiger partial charge in [-0.15, -0.1) is 11.8 Å². The van der Waals surface area contributed by atoms with Gasteiger partial charge in [0.1, 0.15) is 29.6 Å². The summed E-state index contributed by atoms with van der Waals surface area (Å²) in [6.45, 7) is 18.3. The zero-order valence-electron chi connectivity index (χ0n) is 25.1. The predicted octanol–water partition coefficient (Wildman–Crippen LogP) is 8.90. The number of hydrogen-bond acceptors (Lipinski definition) is 6. The third-order valence-electron chi connectivity index (χ3n) is 5.28. The lowest BCUT2D eigenvalue weighted by atomic mass is 10.3. The quantitative estimate of drug-likeness (QED) is 0.334. The summed E-state index contributed by atoms with van der Waals surface area (Å²) in [7, 11) is 0. The van der Waals surface area contributed by atoms with Crippen molar-refractivity contribution in [2.24, 2.45) is 0 Å². The van der Waals surface area contributed by atoms with Gasteiger partial charge in [-0.3, -0.25) is 4.90 Å². The molecule has 0 radical (unpaired) electrons. The van der Waals surface area contributed by atoms with Gasteiger partial charge in [0.2, 0.25) is 0 Å². The monoisotopic (exact) mass is 557 g/mol. The second-order valence-electron chi connectivity index (χ2n) is 7.88. The van der Waals surface area contributed by atoms with Crippen LogP contribution >= 0.6 is 11.8 Å². The molecule has 3 aromatic carbocycles. The lowest BCUT2D eigenvalue weighted by Gasteiger charge is -2.23. The van der Waals surface area contributed by atoms with E-state index in [4.69, 9.17) is 19.7 Å². The van der Waals surface area contributed by atoms with E-state index in [0.717, 1.165) is 35.4 Å². The Kier molecular flexibility index (Phi) is 22.5. The van der Waals surface area contributed by atoms with Crippen LogP contribution in [0, 0.1) is 0 Å². The first-order chi connectivity index (χ1) is 19.1. The van der Waals surface area contributed by atoms with Crippen molar-refractivity contribution in [2.45, 2.75) is 72.2 Å². The molecule has 2 aliphatic heterocycles. The predicted molar refractivity (Wildman–Crippen MR) is 169 cm³/mol. The molecule has 0 spiro atoms. The number of rotatable bonds is 4. The van der Waals surface area contributed by atoms with E-state index in [1.54, 1.807) is 54.2 Å². The zero-order valence-corrected chi connectivity index (χ0v) is 25.9. The lowest BCUT2D eigenvalue weighted by molar-refractivity contribution is 0.172. The Morgan fingerprint density at radius 2 is 1.36 bits per heavy atom. The molecule has 5 rings (SSSR count). The highest BCUT2D eigenvalue weighted by molar-refractivity contribution is 7.99. The minimum Gasteiger partial charge on any atom is -0.508 e. The van der Waals surface area contributed by atoms with Crippen molar-refractivity contribution >= 4 is 11.8 Å². The Morgan fingerprint density at radius 3 is 1.90 bits per heavy atom. The first-order valence-electron chi connectivity index (χ1n) is 14.4. The summed E-state index contributed by atoms with van der Waals surface area (Å²) in [4.78, 5) is 3.54. The highest BCUT2D eigenvalue weighted by Gasteiger charge is 2.18. The Hall–Kier alpha value is -2.83. The van der Waals surface area contributed by atoms with Gasteiger partial charge in [-0.2, -0.15) is 0 Å². The number of likely N-dealkylation sites (tertiary alicyclic amines) is 1. The van der Waals surface area contributed by atoms with Crippen molar-refractivity contribution in [2.75, 3.05) is 32.1 Å². The summed E-state index contributed by atoms with van der Waals surface area (Å²) < 4.78 is 11.1. The summed E-state index contributed by atoms with van der Waals surface area (Å²) in [5, 5.41) is 17.8. The third-order valence-corrected chi connectivity index (χ3v) is 6.28. The van der Waals surface area contributed by atoms with Gasteiger partial charge >= 0.3 is 0 Å². The minimum absolute atomic E-state index is 0.307. The van der Waals surface area contributed by atoms with E-state index in [0.29, 0.717) is 17.5 Å². The number of phenolic OH excluding ortho intramolecular Hbond substituents is 2. The van der Waals surface area contributed by atoms with Crippen LogP contribution < -0.4 is 9.47 Å². The van der Waals surface area contributed by atoms with Crippen LogP contribution in [0.1, 0.15) is 61.3 Å². The van der Waals surface area contributed by atoms with Crippen LogP contribution in [0.3, 0.4) is 0 Å². The number of nitrogens with zero attached hydrogens (tertiary/aromatic N) is 1. The summed E-state index contributed by atoms with van der Waals surface area (Å²) in [5.74, 6) is 3.46. The van der Waals surface area contributed by atoms with Gasteiger partial charge in [0.15, 0.2) is 0 Å². The summed E-state index contributed by atoms with van der Waals surface area (Å²) >= 11 is 1.72. The number of fused-ring (bicyclic) bond motifs is 1. The van der Waals surface area contributed by atoms with Crippen LogP contribution in [0.25, 0.3) is 0 Å². The van der Waals surface area contributed by atoms with Crippen molar-refractivity contribution in [1.29, 1.82) is 0 Å². The molecule has 1 atom stereocenters. The summed E-state index contributed by atoms with van der Waals surface area (Å²) in [6, 6.07) is 24.5. The molecule has 2 aliphatic rings.